The molecule has 1 aliphatic rings. The van der Waals surface area contributed by atoms with Gasteiger partial charge in [-0.2, -0.15) is 0 Å². The molecular formula is C16H26N2. The van der Waals surface area contributed by atoms with Crippen molar-refractivity contribution in [3.63, 3.8) is 0 Å². The van der Waals surface area contributed by atoms with E-state index in [0.29, 0.717) is 18.0 Å². The molecule has 2 heteroatoms. The van der Waals surface area contributed by atoms with Crippen LogP contribution in [-0.4, -0.2) is 24.0 Å². The van der Waals surface area contributed by atoms with Crippen molar-refractivity contribution in [2.24, 2.45) is 11.7 Å². The van der Waals surface area contributed by atoms with Crippen LogP contribution < -0.4 is 5.73 Å². The first-order valence-electron chi connectivity index (χ1n) is 7.16. The molecule has 1 heterocycles. The molecule has 0 amide bonds. The molecule has 2 atom stereocenters. The van der Waals surface area contributed by atoms with Crippen LogP contribution >= 0.6 is 0 Å². The van der Waals surface area contributed by atoms with E-state index < -0.39 is 0 Å². The third kappa shape index (κ3) is 2.76. The van der Waals surface area contributed by atoms with Crippen molar-refractivity contribution in [1.82, 2.24) is 4.90 Å². The van der Waals surface area contributed by atoms with Crippen molar-refractivity contribution < 1.29 is 0 Å². The summed E-state index contributed by atoms with van der Waals surface area (Å²) >= 11 is 0. The number of piperidine rings is 1. The molecule has 0 aromatic heterocycles. The fourth-order valence-electron chi connectivity index (χ4n) is 3.16. The molecule has 0 aliphatic carbocycles. The summed E-state index contributed by atoms with van der Waals surface area (Å²) in [4.78, 5) is 2.62. The lowest BCUT2D eigenvalue weighted by Gasteiger charge is -2.43. The Labute approximate surface area is 111 Å². The minimum atomic E-state index is 0.504. The summed E-state index contributed by atoms with van der Waals surface area (Å²) in [6.07, 6.45) is 2.54. The molecular weight excluding hydrogens is 220 g/mol. The van der Waals surface area contributed by atoms with Crippen LogP contribution in [0, 0.1) is 12.8 Å². The lowest BCUT2D eigenvalue weighted by atomic mass is 9.83. The summed E-state index contributed by atoms with van der Waals surface area (Å²) in [5, 5.41) is 0. The van der Waals surface area contributed by atoms with Crippen LogP contribution in [0.25, 0.3) is 0 Å². The van der Waals surface area contributed by atoms with Crippen LogP contribution in [0.3, 0.4) is 0 Å². The minimum absolute atomic E-state index is 0.504. The van der Waals surface area contributed by atoms with Crippen molar-refractivity contribution in [2.45, 2.75) is 45.7 Å². The number of rotatable bonds is 3. The highest BCUT2D eigenvalue weighted by molar-refractivity contribution is 5.25. The van der Waals surface area contributed by atoms with Gasteiger partial charge in [-0.3, -0.25) is 4.90 Å². The fourth-order valence-corrected chi connectivity index (χ4v) is 3.16. The molecule has 1 aromatic carbocycles. The summed E-state index contributed by atoms with van der Waals surface area (Å²) in [5.74, 6) is 0.601. The zero-order valence-electron chi connectivity index (χ0n) is 11.9. The highest BCUT2D eigenvalue weighted by Gasteiger charge is 2.32. The monoisotopic (exact) mass is 246 g/mol. The second kappa shape index (κ2) is 5.85. The first-order valence-corrected chi connectivity index (χ1v) is 7.16. The van der Waals surface area contributed by atoms with Gasteiger partial charge >= 0.3 is 0 Å². The predicted molar refractivity (Wildman–Crippen MR) is 77.5 cm³/mol. The molecule has 2 N–H and O–H groups in total. The summed E-state index contributed by atoms with van der Waals surface area (Å²) in [6.45, 7) is 8.72. The number of hydrogen-bond donors (Lipinski definition) is 1. The molecule has 0 spiro atoms. The SMILES string of the molecule is Cc1ccc(C2C(CN)CCCN2C(C)C)cc1. The van der Waals surface area contributed by atoms with Crippen LogP contribution in [0.2, 0.25) is 0 Å². The van der Waals surface area contributed by atoms with Crippen molar-refractivity contribution in [2.75, 3.05) is 13.1 Å². The van der Waals surface area contributed by atoms with Crippen molar-refractivity contribution >= 4 is 0 Å². The summed E-state index contributed by atoms with van der Waals surface area (Å²) < 4.78 is 0. The number of benzene rings is 1. The number of hydrogen-bond acceptors (Lipinski definition) is 2. The topological polar surface area (TPSA) is 29.3 Å². The summed E-state index contributed by atoms with van der Waals surface area (Å²) in [7, 11) is 0. The maximum absolute atomic E-state index is 6.00. The van der Waals surface area contributed by atoms with E-state index in [1.807, 2.05) is 0 Å². The average molecular weight is 246 g/mol. The summed E-state index contributed by atoms with van der Waals surface area (Å²) in [5.41, 5.74) is 8.76. The van der Waals surface area contributed by atoms with Crippen LogP contribution in [0.15, 0.2) is 24.3 Å². The molecule has 2 rings (SSSR count). The average Bonchev–Trinajstić information content (AvgIpc) is 2.38. The Morgan fingerprint density at radius 3 is 2.50 bits per heavy atom. The lowest BCUT2D eigenvalue weighted by Crippen LogP contribution is -2.44. The Morgan fingerprint density at radius 2 is 1.94 bits per heavy atom. The van der Waals surface area contributed by atoms with Gasteiger partial charge in [0.15, 0.2) is 0 Å². The Bertz CT molecular complexity index is 369. The first-order chi connectivity index (χ1) is 8.63. The summed E-state index contributed by atoms with van der Waals surface area (Å²) in [6, 6.07) is 10.1. The largest absolute Gasteiger partial charge is 0.330 e. The van der Waals surface area contributed by atoms with E-state index in [0.717, 1.165) is 6.54 Å². The van der Waals surface area contributed by atoms with Gasteiger partial charge in [0.2, 0.25) is 0 Å². The molecule has 100 valence electrons. The number of likely N-dealkylation sites (tertiary alicyclic amines) is 1. The Balaban J connectivity index is 2.30. The molecule has 2 unspecified atom stereocenters. The lowest BCUT2D eigenvalue weighted by molar-refractivity contribution is 0.0665. The van der Waals surface area contributed by atoms with Gasteiger partial charge in [-0.1, -0.05) is 29.8 Å². The number of aryl methyl sites for hydroxylation is 1. The Morgan fingerprint density at radius 1 is 1.28 bits per heavy atom. The van der Waals surface area contributed by atoms with Crippen LogP contribution in [-0.2, 0) is 0 Å². The van der Waals surface area contributed by atoms with E-state index in [1.54, 1.807) is 0 Å². The molecule has 0 radical (unpaired) electrons. The maximum Gasteiger partial charge on any atom is 0.0391 e. The van der Waals surface area contributed by atoms with Gasteiger partial charge in [-0.05, 0) is 58.2 Å². The van der Waals surface area contributed by atoms with E-state index in [9.17, 15) is 0 Å². The van der Waals surface area contributed by atoms with Gasteiger partial charge in [-0.25, -0.2) is 0 Å². The quantitative estimate of drug-likeness (QED) is 0.888. The normalized spacial score (nSPS) is 25.6. The number of nitrogens with two attached hydrogens (primary N) is 1. The smallest absolute Gasteiger partial charge is 0.0391 e. The maximum atomic E-state index is 6.00. The van der Waals surface area contributed by atoms with Gasteiger partial charge < -0.3 is 5.73 Å². The Hall–Kier alpha value is -0.860. The van der Waals surface area contributed by atoms with Crippen LogP contribution in [0.1, 0.15) is 43.9 Å². The van der Waals surface area contributed by atoms with E-state index in [1.165, 1.54) is 30.5 Å². The minimum Gasteiger partial charge on any atom is -0.330 e. The second-order valence-electron chi connectivity index (χ2n) is 5.83. The van der Waals surface area contributed by atoms with Gasteiger partial charge in [0.25, 0.3) is 0 Å². The zero-order chi connectivity index (χ0) is 13.1. The third-order valence-electron chi connectivity index (χ3n) is 4.18. The van der Waals surface area contributed by atoms with Crippen LogP contribution in [0.5, 0.6) is 0 Å². The van der Waals surface area contributed by atoms with E-state index in [2.05, 4.69) is 49.9 Å². The molecule has 2 nitrogen and oxygen atoms in total. The van der Waals surface area contributed by atoms with Crippen molar-refractivity contribution in [3.05, 3.63) is 35.4 Å². The molecule has 0 saturated carbocycles. The van der Waals surface area contributed by atoms with Crippen LogP contribution in [0.4, 0.5) is 0 Å². The third-order valence-corrected chi connectivity index (χ3v) is 4.18. The van der Waals surface area contributed by atoms with Gasteiger partial charge in [0, 0.05) is 12.1 Å². The molecule has 0 bridgehead atoms. The van der Waals surface area contributed by atoms with E-state index in [-0.39, 0.29) is 0 Å². The van der Waals surface area contributed by atoms with Gasteiger partial charge in [0.1, 0.15) is 0 Å². The van der Waals surface area contributed by atoms with Crippen molar-refractivity contribution in [1.29, 1.82) is 0 Å². The Kier molecular flexibility index (Phi) is 4.41. The zero-order valence-corrected chi connectivity index (χ0v) is 11.9. The highest BCUT2D eigenvalue weighted by atomic mass is 15.2. The molecule has 1 saturated heterocycles. The van der Waals surface area contributed by atoms with Gasteiger partial charge in [0.05, 0.1) is 0 Å². The second-order valence-corrected chi connectivity index (χ2v) is 5.83. The standard InChI is InChI=1S/C16H26N2/c1-12(2)18-10-4-5-15(11-17)16(18)14-8-6-13(3)7-9-14/h6-9,12,15-16H,4-5,10-11,17H2,1-3H3. The first kappa shape index (κ1) is 13.6. The highest BCUT2D eigenvalue weighted by Crippen LogP contribution is 2.36. The molecule has 1 fully saturated rings. The molecule has 18 heavy (non-hydrogen) atoms. The van der Waals surface area contributed by atoms with E-state index >= 15 is 0 Å². The fraction of sp³-hybridized carbons (Fsp3) is 0.625. The van der Waals surface area contributed by atoms with Gasteiger partial charge in [-0.15, -0.1) is 0 Å². The predicted octanol–water partition coefficient (Wildman–Crippen LogP) is 3.12. The molecule has 1 aliphatic heterocycles. The molecule has 1 aromatic rings. The van der Waals surface area contributed by atoms with Crippen molar-refractivity contribution in [3.8, 4) is 0 Å². The number of nitrogens with zero attached hydrogens (tertiary/aromatic N) is 1. The van der Waals surface area contributed by atoms with E-state index in [4.69, 9.17) is 5.73 Å².